The molecule has 1 aromatic rings. The fourth-order valence-corrected chi connectivity index (χ4v) is 5.44. The van der Waals surface area contributed by atoms with Crippen LogP contribution in [0, 0.1) is 6.92 Å². The summed E-state index contributed by atoms with van der Waals surface area (Å²) in [6.07, 6.45) is 9.78. The normalized spacial score (nSPS) is 21.0. The van der Waals surface area contributed by atoms with Crippen molar-refractivity contribution in [2.45, 2.75) is 71.3 Å². The summed E-state index contributed by atoms with van der Waals surface area (Å²) >= 11 is 6.81. The molecule has 2 fully saturated rings. The van der Waals surface area contributed by atoms with E-state index in [4.69, 9.17) is 12.2 Å². The number of carbonyl (C=O) groups is 2. The summed E-state index contributed by atoms with van der Waals surface area (Å²) in [6.45, 7) is 5.77. The Kier molecular flexibility index (Phi) is 8.51. The summed E-state index contributed by atoms with van der Waals surface area (Å²) in [5.74, 6) is 0.300. The molecule has 0 spiro atoms. The zero-order valence-electron chi connectivity index (χ0n) is 18.1. The molecule has 1 atom stereocenters. The van der Waals surface area contributed by atoms with Gasteiger partial charge in [-0.3, -0.25) is 14.5 Å². The Morgan fingerprint density at radius 2 is 1.97 bits per heavy atom. The van der Waals surface area contributed by atoms with E-state index in [-0.39, 0.29) is 5.91 Å². The summed E-state index contributed by atoms with van der Waals surface area (Å²) in [6, 6.07) is 8.55. The highest BCUT2D eigenvalue weighted by molar-refractivity contribution is 8.26. The molecule has 2 amide bonds. The minimum absolute atomic E-state index is 0.000700. The summed E-state index contributed by atoms with van der Waals surface area (Å²) in [7, 11) is 0. The van der Waals surface area contributed by atoms with E-state index in [1.807, 2.05) is 37.3 Å². The van der Waals surface area contributed by atoms with Gasteiger partial charge in [0, 0.05) is 25.6 Å². The van der Waals surface area contributed by atoms with Gasteiger partial charge in [-0.05, 0) is 57.1 Å². The van der Waals surface area contributed by atoms with Gasteiger partial charge in [0.15, 0.2) is 0 Å². The lowest BCUT2D eigenvalue weighted by atomic mass is 9.99. The van der Waals surface area contributed by atoms with Crippen LogP contribution in [0.25, 0.3) is 6.08 Å². The third-order valence-corrected chi connectivity index (χ3v) is 7.32. The molecule has 6 heteroatoms. The Morgan fingerprint density at radius 1 is 1.20 bits per heavy atom. The maximum Gasteiger partial charge on any atom is 0.266 e. The molecule has 162 valence electrons. The van der Waals surface area contributed by atoms with Crippen LogP contribution >= 0.6 is 24.0 Å². The van der Waals surface area contributed by atoms with E-state index in [1.54, 1.807) is 4.90 Å². The number of piperidine rings is 1. The average molecular weight is 445 g/mol. The lowest BCUT2D eigenvalue weighted by molar-refractivity contribution is -0.135. The Bertz CT molecular complexity index is 804. The topological polar surface area (TPSA) is 40.6 Å². The molecule has 0 saturated carbocycles. The van der Waals surface area contributed by atoms with Crippen molar-refractivity contribution in [2.24, 2.45) is 0 Å². The van der Waals surface area contributed by atoms with Crippen molar-refractivity contribution in [1.29, 1.82) is 0 Å². The highest BCUT2D eigenvalue weighted by Gasteiger charge is 2.31. The third-order valence-electron chi connectivity index (χ3n) is 5.94. The van der Waals surface area contributed by atoms with E-state index >= 15 is 0 Å². The highest BCUT2D eigenvalue weighted by Crippen LogP contribution is 2.32. The number of benzene rings is 1. The maximum absolute atomic E-state index is 12.7. The van der Waals surface area contributed by atoms with Crippen molar-refractivity contribution < 1.29 is 9.59 Å². The predicted molar refractivity (Wildman–Crippen MR) is 129 cm³/mol. The van der Waals surface area contributed by atoms with Crippen LogP contribution < -0.4 is 0 Å². The number of amides is 2. The Labute approximate surface area is 190 Å². The number of thioether (sulfide) groups is 1. The van der Waals surface area contributed by atoms with Gasteiger partial charge >= 0.3 is 0 Å². The number of hydrogen-bond donors (Lipinski definition) is 0. The lowest BCUT2D eigenvalue weighted by Crippen LogP contribution is -2.43. The first-order valence-corrected chi connectivity index (χ1v) is 12.3. The molecule has 3 rings (SSSR count). The van der Waals surface area contributed by atoms with Gasteiger partial charge in [0.1, 0.15) is 4.32 Å². The first kappa shape index (κ1) is 23.0. The SMILES string of the molecule is CCC1CCCCN1C(=O)CCCCCN1C(=O)/C(=C/c2ccc(C)cc2)SC1=S. The van der Waals surface area contributed by atoms with E-state index in [9.17, 15) is 9.59 Å². The number of hydrogen-bond acceptors (Lipinski definition) is 4. The summed E-state index contributed by atoms with van der Waals surface area (Å²) < 4.78 is 0.633. The average Bonchev–Trinajstić information content (AvgIpc) is 3.02. The fraction of sp³-hybridized carbons (Fsp3) is 0.542. The molecule has 0 N–H and O–H groups in total. The van der Waals surface area contributed by atoms with Crippen LogP contribution in [0.5, 0.6) is 0 Å². The zero-order chi connectivity index (χ0) is 21.5. The van der Waals surface area contributed by atoms with Gasteiger partial charge in [0.05, 0.1) is 4.91 Å². The van der Waals surface area contributed by atoms with E-state index < -0.39 is 0 Å². The first-order valence-electron chi connectivity index (χ1n) is 11.1. The minimum Gasteiger partial charge on any atom is -0.340 e. The number of nitrogens with zero attached hydrogens (tertiary/aromatic N) is 2. The second kappa shape index (κ2) is 11.1. The van der Waals surface area contributed by atoms with Gasteiger partial charge < -0.3 is 4.90 Å². The molecule has 2 aliphatic heterocycles. The van der Waals surface area contributed by atoms with Crippen LogP contribution in [0.15, 0.2) is 29.2 Å². The number of carbonyl (C=O) groups excluding carboxylic acids is 2. The van der Waals surface area contributed by atoms with Crippen LogP contribution in [0.4, 0.5) is 0 Å². The molecule has 1 aromatic carbocycles. The molecule has 0 radical (unpaired) electrons. The number of likely N-dealkylation sites (tertiary alicyclic amines) is 1. The molecule has 30 heavy (non-hydrogen) atoms. The second-order valence-corrected chi connectivity index (χ2v) is 9.88. The molecule has 2 saturated heterocycles. The minimum atomic E-state index is 0.000700. The third kappa shape index (κ3) is 5.94. The Hall–Kier alpha value is -1.66. The summed E-state index contributed by atoms with van der Waals surface area (Å²) in [5, 5.41) is 0. The largest absolute Gasteiger partial charge is 0.340 e. The predicted octanol–water partition coefficient (Wildman–Crippen LogP) is 5.55. The number of unbranched alkanes of at least 4 members (excludes halogenated alkanes) is 2. The Morgan fingerprint density at radius 3 is 2.70 bits per heavy atom. The van der Waals surface area contributed by atoms with Crippen LogP contribution in [-0.2, 0) is 9.59 Å². The van der Waals surface area contributed by atoms with E-state index in [2.05, 4.69) is 11.8 Å². The fourth-order valence-electron chi connectivity index (χ4n) is 4.13. The highest BCUT2D eigenvalue weighted by atomic mass is 32.2. The molecule has 0 aromatic heterocycles. The summed E-state index contributed by atoms with van der Waals surface area (Å²) in [4.78, 5) is 29.8. The van der Waals surface area contributed by atoms with Gasteiger partial charge in [-0.25, -0.2) is 0 Å². The zero-order valence-corrected chi connectivity index (χ0v) is 19.7. The van der Waals surface area contributed by atoms with Crippen molar-refractivity contribution >= 4 is 46.2 Å². The van der Waals surface area contributed by atoms with Crippen LogP contribution in [-0.4, -0.2) is 45.1 Å². The van der Waals surface area contributed by atoms with Gasteiger partial charge in [-0.1, -0.05) is 67.2 Å². The smallest absolute Gasteiger partial charge is 0.266 e. The number of aryl methyl sites for hydroxylation is 1. The van der Waals surface area contributed by atoms with Crippen LogP contribution in [0.2, 0.25) is 0 Å². The van der Waals surface area contributed by atoms with Gasteiger partial charge in [0.2, 0.25) is 5.91 Å². The number of thiocarbonyl (C=S) groups is 1. The molecule has 2 heterocycles. The van der Waals surface area contributed by atoms with Gasteiger partial charge in [-0.2, -0.15) is 0 Å². The molecule has 0 bridgehead atoms. The molecule has 1 unspecified atom stereocenters. The first-order chi connectivity index (χ1) is 14.5. The van der Waals surface area contributed by atoms with Crippen molar-refractivity contribution in [3.63, 3.8) is 0 Å². The molecule has 0 aliphatic carbocycles. The van der Waals surface area contributed by atoms with Crippen molar-refractivity contribution in [2.75, 3.05) is 13.1 Å². The van der Waals surface area contributed by atoms with Gasteiger partial charge in [-0.15, -0.1) is 0 Å². The van der Waals surface area contributed by atoms with Crippen LogP contribution in [0.3, 0.4) is 0 Å². The molecule has 2 aliphatic rings. The van der Waals surface area contributed by atoms with Crippen LogP contribution in [0.1, 0.15) is 69.4 Å². The van der Waals surface area contributed by atoms with Crippen molar-refractivity contribution in [1.82, 2.24) is 9.80 Å². The second-order valence-electron chi connectivity index (χ2n) is 8.20. The van der Waals surface area contributed by atoms with Crippen molar-refractivity contribution in [3.8, 4) is 0 Å². The Balaban J connectivity index is 1.42. The van der Waals surface area contributed by atoms with E-state index in [0.717, 1.165) is 50.6 Å². The standard InChI is InChI=1S/C24H32N2O2S2/c1-3-20-9-6-8-15-25(20)22(27)10-5-4-7-16-26-23(28)21(30-24(26)29)17-19-13-11-18(2)12-14-19/h11-14,17,20H,3-10,15-16H2,1-2H3/b21-17-. The van der Waals surface area contributed by atoms with E-state index in [0.29, 0.717) is 34.1 Å². The summed E-state index contributed by atoms with van der Waals surface area (Å²) in [5.41, 5.74) is 2.21. The molecule has 4 nitrogen and oxygen atoms in total. The quantitative estimate of drug-likeness (QED) is 0.299. The lowest BCUT2D eigenvalue weighted by Gasteiger charge is -2.35. The molecular formula is C24H32N2O2S2. The van der Waals surface area contributed by atoms with E-state index in [1.165, 1.54) is 23.7 Å². The molecular weight excluding hydrogens is 412 g/mol. The number of rotatable bonds is 8. The monoisotopic (exact) mass is 444 g/mol. The maximum atomic E-state index is 12.7. The van der Waals surface area contributed by atoms with Gasteiger partial charge in [0.25, 0.3) is 5.91 Å². The van der Waals surface area contributed by atoms with Crippen molar-refractivity contribution in [3.05, 3.63) is 40.3 Å².